The summed E-state index contributed by atoms with van der Waals surface area (Å²) >= 11 is 7.98. The molecule has 0 aromatic carbocycles. The van der Waals surface area contributed by atoms with E-state index in [2.05, 4.69) is 55.3 Å². The number of hydrogen-bond donors (Lipinski definition) is 1. The van der Waals surface area contributed by atoms with Crippen molar-refractivity contribution in [3.8, 4) is 10.6 Å². The highest BCUT2D eigenvalue weighted by Gasteiger charge is 2.38. The molecular formula is C24H35ClN6O3SSi. The van der Waals surface area contributed by atoms with Crippen molar-refractivity contribution >= 4 is 53.3 Å². The fourth-order valence-corrected chi connectivity index (χ4v) is 6.27. The summed E-state index contributed by atoms with van der Waals surface area (Å²) in [5, 5.41) is 11.8. The van der Waals surface area contributed by atoms with Gasteiger partial charge in [0.05, 0.1) is 22.0 Å². The average Bonchev–Trinajstić information content (AvgIpc) is 3.41. The van der Waals surface area contributed by atoms with E-state index in [1.54, 1.807) is 16.2 Å². The van der Waals surface area contributed by atoms with E-state index in [1.165, 1.54) is 6.33 Å². The van der Waals surface area contributed by atoms with E-state index in [0.29, 0.717) is 38.1 Å². The molecule has 3 aromatic rings. The molecule has 36 heavy (non-hydrogen) atoms. The number of ether oxygens (including phenoxy) is 1. The largest absolute Gasteiger partial charge is 0.465 e. The zero-order valence-electron chi connectivity index (χ0n) is 21.8. The summed E-state index contributed by atoms with van der Waals surface area (Å²) in [6.45, 7) is 16.0. The fraction of sp³-hybridized carbons (Fsp3) is 0.583. The fourth-order valence-electron chi connectivity index (χ4n) is 4.36. The second kappa shape index (κ2) is 10.3. The monoisotopic (exact) mass is 550 g/mol. The molecule has 0 spiro atoms. The number of fused-ring (bicyclic) bond motifs is 1. The Balaban J connectivity index is 1.61. The maximum absolute atomic E-state index is 11.8. The zero-order valence-corrected chi connectivity index (χ0v) is 24.4. The highest BCUT2D eigenvalue weighted by Crippen LogP contribution is 2.37. The van der Waals surface area contributed by atoms with Gasteiger partial charge in [0.15, 0.2) is 5.13 Å². The van der Waals surface area contributed by atoms with Gasteiger partial charge in [0.25, 0.3) is 0 Å². The van der Waals surface area contributed by atoms with Gasteiger partial charge in [0, 0.05) is 40.5 Å². The van der Waals surface area contributed by atoms with Gasteiger partial charge >= 0.3 is 6.09 Å². The van der Waals surface area contributed by atoms with Crippen molar-refractivity contribution in [2.24, 2.45) is 5.41 Å². The molecule has 1 unspecified atom stereocenters. The molecule has 4 heterocycles. The van der Waals surface area contributed by atoms with Crippen molar-refractivity contribution in [2.45, 2.75) is 59.2 Å². The third kappa shape index (κ3) is 5.85. The van der Waals surface area contributed by atoms with Gasteiger partial charge in [-0.3, -0.25) is 0 Å². The Hall–Kier alpha value is -2.21. The minimum atomic E-state index is -1.20. The molecule has 4 rings (SSSR count). The Morgan fingerprint density at radius 2 is 2.00 bits per heavy atom. The summed E-state index contributed by atoms with van der Waals surface area (Å²) in [7, 11) is -1.20. The van der Waals surface area contributed by atoms with Gasteiger partial charge in [0.2, 0.25) is 0 Å². The first-order chi connectivity index (χ1) is 16.8. The van der Waals surface area contributed by atoms with Gasteiger partial charge in [0.1, 0.15) is 23.9 Å². The minimum Gasteiger partial charge on any atom is -0.465 e. The lowest BCUT2D eigenvalue weighted by Gasteiger charge is -2.45. The van der Waals surface area contributed by atoms with Crippen LogP contribution < -0.4 is 4.90 Å². The topological polar surface area (TPSA) is 96.6 Å². The summed E-state index contributed by atoms with van der Waals surface area (Å²) in [6.07, 6.45) is 2.47. The van der Waals surface area contributed by atoms with Gasteiger partial charge in [-0.2, -0.15) is 0 Å². The summed E-state index contributed by atoms with van der Waals surface area (Å²) in [4.78, 5) is 29.9. The van der Waals surface area contributed by atoms with Crippen LogP contribution in [-0.4, -0.2) is 76.0 Å². The molecule has 1 aliphatic rings. The molecule has 1 amide bonds. The summed E-state index contributed by atoms with van der Waals surface area (Å²) in [5.41, 5.74) is 1.48. The standard InChI is InChI=1S/C24H35ClN6O3SSi/c1-24(2,3)19-13-29(7-8-30(19)23(32)33)22-26-12-18(35-22)17-11-16-20(25)27-14-28-21(16)31(17)15-34-9-10-36(4,5)6/h11-12,14,19H,7-10,13,15H2,1-6H3,(H,32,33). The van der Waals surface area contributed by atoms with E-state index in [9.17, 15) is 9.90 Å². The van der Waals surface area contributed by atoms with Gasteiger partial charge < -0.3 is 24.2 Å². The van der Waals surface area contributed by atoms with Crippen molar-refractivity contribution in [1.29, 1.82) is 0 Å². The van der Waals surface area contributed by atoms with Crippen LogP contribution in [0.1, 0.15) is 20.8 Å². The van der Waals surface area contributed by atoms with E-state index in [0.717, 1.165) is 32.8 Å². The first-order valence-corrected chi connectivity index (χ1v) is 17.0. The van der Waals surface area contributed by atoms with E-state index >= 15 is 0 Å². The Morgan fingerprint density at radius 1 is 1.25 bits per heavy atom. The van der Waals surface area contributed by atoms with Gasteiger partial charge in [-0.05, 0) is 17.5 Å². The zero-order chi connectivity index (χ0) is 26.3. The van der Waals surface area contributed by atoms with Crippen LogP contribution in [0.25, 0.3) is 21.6 Å². The number of carboxylic acid groups (broad SMARTS) is 1. The van der Waals surface area contributed by atoms with Gasteiger partial charge in [-0.1, -0.05) is 63.3 Å². The molecule has 0 aliphatic carbocycles. The molecule has 1 saturated heterocycles. The van der Waals surface area contributed by atoms with E-state index in [4.69, 9.17) is 21.3 Å². The average molecular weight is 551 g/mol. The lowest BCUT2D eigenvalue weighted by molar-refractivity contribution is 0.0748. The molecule has 3 aromatic heterocycles. The number of hydrogen-bond acceptors (Lipinski definition) is 7. The summed E-state index contributed by atoms with van der Waals surface area (Å²) in [5.74, 6) is 0. The molecule has 0 saturated carbocycles. The number of piperazine rings is 1. The van der Waals surface area contributed by atoms with Crippen LogP contribution >= 0.6 is 22.9 Å². The molecule has 1 aliphatic heterocycles. The van der Waals surface area contributed by atoms with Crippen molar-refractivity contribution < 1.29 is 14.6 Å². The van der Waals surface area contributed by atoms with E-state index < -0.39 is 14.2 Å². The number of rotatable bonds is 7. The quantitative estimate of drug-likeness (QED) is 0.228. The molecule has 1 atom stereocenters. The Labute approximate surface area is 222 Å². The SMILES string of the molecule is CC(C)(C)C1CN(c2ncc(-c3cc4c(Cl)ncnc4n3COCC[Si](C)(C)C)s2)CCN1C(=O)O. The van der Waals surface area contributed by atoms with Crippen molar-refractivity contribution in [2.75, 3.05) is 31.1 Å². The highest BCUT2D eigenvalue weighted by molar-refractivity contribution is 7.18. The number of anilines is 1. The predicted molar refractivity (Wildman–Crippen MR) is 148 cm³/mol. The molecular weight excluding hydrogens is 516 g/mol. The Morgan fingerprint density at radius 3 is 2.67 bits per heavy atom. The second-order valence-electron chi connectivity index (χ2n) is 11.5. The van der Waals surface area contributed by atoms with Gasteiger partial charge in [-0.25, -0.2) is 19.7 Å². The van der Waals surface area contributed by atoms with Crippen LogP contribution in [0.2, 0.25) is 30.8 Å². The van der Waals surface area contributed by atoms with Gasteiger partial charge in [-0.15, -0.1) is 0 Å². The third-order valence-corrected chi connectivity index (χ3v) is 9.59. The molecule has 0 radical (unpaired) electrons. The minimum absolute atomic E-state index is 0.128. The van der Waals surface area contributed by atoms with E-state index in [-0.39, 0.29) is 11.5 Å². The normalized spacial score (nSPS) is 17.2. The maximum atomic E-state index is 11.8. The predicted octanol–water partition coefficient (Wildman–Crippen LogP) is 5.74. The first-order valence-electron chi connectivity index (χ1n) is 12.1. The molecule has 0 bridgehead atoms. The number of aromatic nitrogens is 4. The van der Waals surface area contributed by atoms with Crippen molar-refractivity contribution in [3.05, 3.63) is 23.7 Å². The van der Waals surface area contributed by atoms with Crippen LogP contribution in [-0.2, 0) is 11.5 Å². The molecule has 196 valence electrons. The van der Waals surface area contributed by atoms with Crippen molar-refractivity contribution in [3.63, 3.8) is 0 Å². The van der Waals surface area contributed by atoms with Crippen LogP contribution in [0, 0.1) is 5.41 Å². The first kappa shape index (κ1) is 26.8. The van der Waals surface area contributed by atoms with E-state index in [1.807, 2.05) is 16.8 Å². The number of carbonyl (C=O) groups is 1. The molecule has 9 nitrogen and oxygen atoms in total. The smallest absolute Gasteiger partial charge is 0.407 e. The molecule has 1 N–H and O–H groups in total. The van der Waals surface area contributed by atoms with Crippen LogP contribution in [0.5, 0.6) is 0 Å². The number of amides is 1. The Kier molecular flexibility index (Phi) is 7.66. The number of thiazole rings is 1. The highest BCUT2D eigenvalue weighted by atomic mass is 35.5. The number of halogens is 1. The molecule has 12 heteroatoms. The summed E-state index contributed by atoms with van der Waals surface area (Å²) < 4.78 is 8.11. The van der Waals surface area contributed by atoms with Crippen LogP contribution in [0.3, 0.4) is 0 Å². The summed E-state index contributed by atoms with van der Waals surface area (Å²) in [6, 6.07) is 2.95. The molecule has 1 fully saturated rings. The lowest BCUT2D eigenvalue weighted by Crippen LogP contribution is -2.59. The second-order valence-corrected chi connectivity index (χ2v) is 18.5. The van der Waals surface area contributed by atoms with Crippen molar-refractivity contribution in [1.82, 2.24) is 24.4 Å². The Bertz CT molecular complexity index is 1230. The lowest BCUT2D eigenvalue weighted by atomic mass is 9.84. The maximum Gasteiger partial charge on any atom is 0.407 e. The van der Waals surface area contributed by atoms with Crippen LogP contribution in [0.15, 0.2) is 18.6 Å². The number of nitrogens with zero attached hydrogens (tertiary/aromatic N) is 6. The van der Waals surface area contributed by atoms with Crippen LogP contribution in [0.4, 0.5) is 9.93 Å². The third-order valence-electron chi connectivity index (χ3n) is 6.50.